The summed E-state index contributed by atoms with van der Waals surface area (Å²) in [7, 11) is 3.65. The van der Waals surface area contributed by atoms with Crippen LogP contribution >= 0.6 is 0 Å². The summed E-state index contributed by atoms with van der Waals surface area (Å²) in [6, 6.07) is -0.138. The maximum Gasteiger partial charge on any atom is 0.186 e. The SMILES string of the molecule is CCCCCCCCCCCCC/C=C/[C@H](OC)[C@H](CO[C@@H]1OC(CO)[C@@H](O)C(O)[C@@H]1O)N(C)CC. The molecule has 0 spiro atoms. The van der Waals surface area contributed by atoms with Crippen LogP contribution in [0.3, 0.4) is 0 Å². The summed E-state index contributed by atoms with van der Waals surface area (Å²) in [5.74, 6) is 0. The normalized spacial score (nSPS) is 26.6. The Hall–Kier alpha value is -0.580. The number of ether oxygens (including phenoxy) is 3. The van der Waals surface area contributed by atoms with Crippen molar-refractivity contribution in [3.05, 3.63) is 12.2 Å². The first-order valence-corrected chi connectivity index (χ1v) is 14.2. The maximum atomic E-state index is 10.3. The third-order valence-electron chi connectivity index (χ3n) is 7.30. The monoisotopic (exact) mass is 517 g/mol. The Kier molecular flexibility index (Phi) is 18.9. The lowest BCUT2D eigenvalue weighted by molar-refractivity contribution is -0.304. The van der Waals surface area contributed by atoms with Gasteiger partial charge in [0.15, 0.2) is 6.29 Å². The Morgan fingerprint density at radius 3 is 1.97 bits per heavy atom. The molecule has 0 aromatic carbocycles. The molecule has 2 unspecified atom stereocenters. The predicted octanol–water partition coefficient (Wildman–Crippen LogP) is 3.40. The van der Waals surface area contributed by atoms with Crippen molar-refractivity contribution in [1.29, 1.82) is 0 Å². The second kappa shape index (κ2) is 20.4. The molecule has 0 aromatic heterocycles. The Morgan fingerprint density at radius 1 is 0.861 bits per heavy atom. The Balaban J connectivity index is 2.41. The summed E-state index contributed by atoms with van der Waals surface area (Å²) in [5.41, 5.74) is 0. The number of unbranched alkanes of at least 4 members (excludes halogenated alkanes) is 11. The summed E-state index contributed by atoms with van der Waals surface area (Å²) in [4.78, 5) is 2.10. The summed E-state index contributed by atoms with van der Waals surface area (Å²) in [5, 5.41) is 39.6. The number of nitrogens with zero attached hydrogens (tertiary/aromatic N) is 1. The number of hydrogen-bond donors (Lipinski definition) is 4. The van der Waals surface area contributed by atoms with E-state index < -0.39 is 37.3 Å². The van der Waals surface area contributed by atoms with Crippen molar-refractivity contribution in [2.45, 2.75) is 134 Å². The van der Waals surface area contributed by atoms with E-state index in [1.165, 1.54) is 70.6 Å². The molecule has 1 saturated heterocycles. The van der Waals surface area contributed by atoms with Crippen LogP contribution in [-0.2, 0) is 14.2 Å². The number of allylic oxidation sites excluding steroid dienone is 1. The third-order valence-corrected chi connectivity index (χ3v) is 7.30. The van der Waals surface area contributed by atoms with E-state index in [-0.39, 0.29) is 18.8 Å². The van der Waals surface area contributed by atoms with Gasteiger partial charge in [-0.15, -0.1) is 0 Å². The lowest BCUT2D eigenvalue weighted by Gasteiger charge is -2.41. The number of rotatable bonds is 21. The van der Waals surface area contributed by atoms with Crippen molar-refractivity contribution in [2.75, 3.05) is 33.9 Å². The Morgan fingerprint density at radius 2 is 1.44 bits per heavy atom. The lowest BCUT2D eigenvalue weighted by atomic mass is 9.99. The van der Waals surface area contributed by atoms with E-state index >= 15 is 0 Å². The van der Waals surface area contributed by atoms with Crippen LogP contribution in [0.15, 0.2) is 12.2 Å². The number of hydrogen-bond acceptors (Lipinski definition) is 8. The van der Waals surface area contributed by atoms with E-state index in [1.54, 1.807) is 7.11 Å². The number of aliphatic hydroxyl groups is 4. The summed E-state index contributed by atoms with van der Waals surface area (Å²) in [6.07, 6.45) is 13.3. The fourth-order valence-corrected chi connectivity index (χ4v) is 4.63. The highest BCUT2D eigenvalue weighted by Gasteiger charge is 2.44. The molecule has 0 radical (unpaired) electrons. The molecule has 1 rings (SSSR count). The van der Waals surface area contributed by atoms with Gasteiger partial charge in [-0.3, -0.25) is 4.90 Å². The molecule has 1 aliphatic heterocycles. The first-order valence-electron chi connectivity index (χ1n) is 14.2. The molecule has 1 heterocycles. The third kappa shape index (κ3) is 12.3. The van der Waals surface area contributed by atoms with Gasteiger partial charge in [-0.2, -0.15) is 0 Å². The van der Waals surface area contributed by atoms with Crippen LogP contribution in [0.5, 0.6) is 0 Å². The van der Waals surface area contributed by atoms with Gasteiger partial charge in [-0.25, -0.2) is 0 Å². The molecule has 1 fully saturated rings. The minimum absolute atomic E-state index is 0.138. The van der Waals surface area contributed by atoms with Crippen molar-refractivity contribution in [2.24, 2.45) is 0 Å². The molecule has 7 atom stereocenters. The Labute approximate surface area is 219 Å². The standard InChI is InChI=1S/C28H55NO7/c1-5-7-8-9-10-11-12-13-14-15-16-17-18-19-23(34-4)22(29(3)6-2)21-35-28-27(33)26(32)25(31)24(20-30)36-28/h18-19,22-28,30-33H,5-17,20-21H2,1-4H3/b19-18+/t22-,23-,24?,25+,26?,27-,28+/m0/s1. The van der Waals surface area contributed by atoms with Crippen molar-refractivity contribution < 1.29 is 34.6 Å². The summed E-state index contributed by atoms with van der Waals surface area (Å²) >= 11 is 0. The molecule has 36 heavy (non-hydrogen) atoms. The zero-order valence-electron chi connectivity index (χ0n) is 23.3. The van der Waals surface area contributed by atoms with E-state index in [1.807, 2.05) is 14.0 Å². The van der Waals surface area contributed by atoms with Crippen molar-refractivity contribution in [3.8, 4) is 0 Å². The lowest BCUT2D eigenvalue weighted by Crippen LogP contribution is -2.59. The van der Waals surface area contributed by atoms with E-state index in [2.05, 4.69) is 24.0 Å². The van der Waals surface area contributed by atoms with Gasteiger partial charge in [0.1, 0.15) is 24.4 Å². The first kappa shape index (κ1) is 33.4. The average molecular weight is 518 g/mol. The topological polar surface area (TPSA) is 112 Å². The largest absolute Gasteiger partial charge is 0.394 e. The molecule has 8 nitrogen and oxygen atoms in total. The van der Waals surface area contributed by atoms with Gasteiger partial charge < -0.3 is 34.6 Å². The van der Waals surface area contributed by atoms with Gasteiger partial charge in [-0.1, -0.05) is 90.2 Å². The summed E-state index contributed by atoms with van der Waals surface area (Å²) < 4.78 is 17.1. The zero-order chi connectivity index (χ0) is 26.8. The van der Waals surface area contributed by atoms with Crippen LogP contribution in [-0.4, -0.2) is 102 Å². The van der Waals surface area contributed by atoms with Gasteiger partial charge in [0, 0.05) is 7.11 Å². The molecule has 0 aromatic rings. The van der Waals surface area contributed by atoms with Crippen LogP contribution < -0.4 is 0 Å². The Bertz CT molecular complexity index is 548. The molecule has 0 bridgehead atoms. The highest BCUT2D eigenvalue weighted by atomic mass is 16.7. The van der Waals surface area contributed by atoms with Gasteiger partial charge >= 0.3 is 0 Å². The maximum absolute atomic E-state index is 10.3. The predicted molar refractivity (Wildman–Crippen MR) is 143 cm³/mol. The summed E-state index contributed by atoms with van der Waals surface area (Å²) in [6.45, 7) is 4.78. The van der Waals surface area contributed by atoms with Gasteiger partial charge in [-0.05, 0) is 26.4 Å². The fourth-order valence-electron chi connectivity index (χ4n) is 4.63. The second-order valence-electron chi connectivity index (χ2n) is 10.1. The van der Waals surface area contributed by atoms with Crippen molar-refractivity contribution >= 4 is 0 Å². The second-order valence-corrected chi connectivity index (χ2v) is 10.1. The molecular formula is C28H55NO7. The van der Waals surface area contributed by atoms with Crippen LogP contribution in [0.25, 0.3) is 0 Å². The molecule has 1 aliphatic rings. The number of likely N-dealkylation sites (N-methyl/N-ethyl adjacent to an activating group) is 1. The van der Waals surface area contributed by atoms with Crippen LogP contribution in [0.2, 0.25) is 0 Å². The van der Waals surface area contributed by atoms with E-state index in [0.717, 1.165) is 13.0 Å². The minimum atomic E-state index is -1.45. The highest BCUT2D eigenvalue weighted by molar-refractivity contribution is 4.97. The number of methoxy groups -OCH3 is 1. The van der Waals surface area contributed by atoms with Crippen LogP contribution in [0, 0.1) is 0 Å². The number of aliphatic hydroxyl groups excluding tert-OH is 4. The van der Waals surface area contributed by atoms with Crippen LogP contribution in [0.4, 0.5) is 0 Å². The van der Waals surface area contributed by atoms with Gasteiger partial charge in [0.2, 0.25) is 0 Å². The van der Waals surface area contributed by atoms with Crippen LogP contribution in [0.1, 0.15) is 90.9 Å². The highest BCUT2D eigenvalue weighted by Crippen LogP contribution is 2.23. The fraction of sp³-hybridized carbons (Fsp3) is 0.929. The van der Waals surface area contributed by atoms with Crippen molar-refractivity contribution in [3.63, 3.8) is 0 Å². The molecule has 4 N–H and O–H groups in total. The first-order chi connectivity index (χ1) is 17.4. The molecule has 0 aliphatic carbocycles. The van der Waals surface area contributed by atoms with Gasteiger partial charge in [0.05, 0.1) is 25.4 Å². The molecular weight excluding hydrogens is 462 g/mol. The molecule has 0 amide bonds. The molecule has 214 valence electrons. The minimum Gasteiger partial charge on any atom is -0.394 e. The zero-order valence-corrected chi connectivity index (χ0v) is 23.3. The van der Waals surface area contributed by atoms with Gasteiger partial charge in [0.25, 0.3) is 0 Å². The smallest absolute Gasteiger partial charge is 0.186 e. The van der Waals surface area contributed by atoms with E-state index in [4.69, 9.17) is 14.2 Å². The average Bonchev–Trinajstić information content (AvgIpc) is 2.89. The molecule has 8 heteroatoms. The molecule has 0 saturated carbocycles. The van der Waals surface area contributed by atoms with Crippen molar-refractivity contribution in [1.82, 2.24) is 4.90 Å². The van der Waals surface area contributed by atoms with E-state index in [9.17, 15) is 20.4 Å². The van der Waals surface area contributed by atoms with E-state index in [0.29, 0.717) is 0 Å². The quantitative estimate of drug-likeness (QED) is 0.135.